The SMILES string of the molecule is CS(=O)(=O)CCC(N)c1cccc2ncccc12. The van der Waals surface area contributed by atoms with Gasteiger partial charge in [0.05, 0.1) is 11.3 Å². The van der Waals surface area contributed by atoms with Crippen LogP contribution in [0, 0.1) is 0 Å². The molecule has 1 heterocycles. The summed E-state index contributed by atoms with van der Waals surface area (Å²) in [6, 6.07) is 9.27. The van der Waals surface area contributed by atoms with Gasteiger partial charge in [-0.3, -0.25) is 4.98 Å². The van der Waals surface area contributed by atoms with E-state index in [1.165, 1.54) is 6.26 Å². The molecule has 2 aromatic rings. The Labute approximate surface area is 107 Å². The van der Waals surface area contributed by atoms with Gasteiger partial charge in [-0.2, -0.15) is 0 Å². The molecule has 1 aromatic carbocycles. The van der Waals surface area contributed by atoms with E-state index in [0.29, 0.717) is 6.42 Å². The number of benzene rings is 1. The Bertz CT molecular complexity index is 648. The molecule has 0 saturated heterocycles. The Morgan fingerprint density at radius 3 is 2.78 bits per heavy atom. The van der Waals surface area contributed by atoms with Crippen molar-refractivity contribution in [1.29, 1.82) is 0 Å². The van der Waals surface area contributed by atoms with Gasteiger partial charge in [0.1, 0.15) is 9.84 Å². The van der Waals surface area contributed by atoms with Crippen molar-refractivity contribution in [3.05, 3.63) is 42.1 Å². The van der Waals surface area contributed by atoms with E-state index in [1.54, 1.807) is 6.20 Å². The van der Waals surface area contributed by atoms with Gasteiger partial charge in [-0.05, 0) is 24.1 Å². The summed E-state index contributed by atoms with van der Waals surface area (Å²) in [6.07, 6.45) is 3.38. The van der Waals surface area contributed by atoms with Crippen LogP contribution in [0.4, 0.5) is 0 Å². The third-order valence-electron chi connectivity index (χ3n) is 2.88. The maximum Gasteiger partial charge on any atom is 0.147 e. The third-order valence-corrected chi connectivity index (χ3v) is 3.86. The van der Waals surface area contributed by atoms with Gasteiger partial charge >= 0.3 is 0 Å². The molecule has 0 aliphatic carbocycles. The van der Waals surface area contributed by atoms with Crippen LogP contribution >= 0.6 is 0 Å². The Morgan fingerprint density at radius 1 is 1.28 bits per heavy atom. The van der Waals surface area contributed by atoms with E-state index in [9.17, 15) is 8.42 Å². The molecule has 0 aliphatic heterocycles. The number of nitrogens with two attached hydrogens (primary N) is 1. The molecule has 0 fully saturated rings. The largest absolute Gasteiger partial charge is 0.324 e. The molecule has 18 heavy (non-hydrogen) atoms. The summed E-state index contributed by atoms with van der Waals surface area (Å²) < 4.78 is 22.3. The summed E-state index contributed by atoms with van der Waals surface area (Å²) in [5.41, 5.74) is 7.90. The summed E-state index contributed by atoms with van der Waals surface area (Å²) >= 11 is 0. The van der Waals surface area contributed by atoms with Gasteiger partial charge in [0.2, 0.25) is 0 Å². The second-order valence-electron chi connectivity index (χ2n) is 4.44. The number of fused-ring (bicyclic) bond motifs is 1. The Kier molecular flexibility index (Phi) is 3.63. The molecule has 0 bridgehead atoms. The van der Waals surface area contributed by atoms with Crippen molar-refractivity contribution in [2.45, 2.75) is 12.5 Å². The van der Waals surface area contributed by atoms with Gasteiger partial charge < -0.3 is 5.73 Å². The van der Waals surface area contributed by atoms with Crippen molar-refractivity contribution in [3.63, 3.8) is 0 Å². The minimum Gasteiger partial charge on any atom is -0.324 e. The molecule has 4 nitrogen and oxygen atoms in total. The van der Waals surface area contributed by atoms with Crippen molar-refractivity contribution < 1.29 is 8.42 Å². The van der Waals surface area contributed by atoms with Crippen molar-refractivity contribution >= 4 is 20.7 Å². The molecule has 1 atom stereocenters. The number of hydrogen-bond acceptors (Lipinski definition) is 4. The number of hydrogen-bond donors (Lipinski definition) is 1. The minimum atomic E-state index is -2.98. The highest BCUT2D eigenvalue weighted by atomic mass is 32.2. The highest BCUT2D eigenvalue weighted by Gasteiger charge is 2.12. The van der Waals surface area contributed by atoms with Crippen molar-refractivity contribution in [2.75, 3.05) is 12.0 Å². The van der Waals surface area contributed by atoms with E-state index in [2.05, 4.69) is 4.98 Å². The minimum absolute atomic E-state index is 0.102. The number of aromatic nitrogens is 1. The number of pyridine rings is 1. The molecule has 2 rings (SSSR count). The predicted molar refractivity (Wildman–Crippen MR) is 73.0 cm³/mol. The standard InChI is InChI=1S/C13H16N2O2S/c1-18(16,17)9-7-12(14)10-4-2-6-13-11(10)5-3-8-15-13/h2-6,8,12H,7,9,14H2,1H3. The maximum atomic E-state index is 11.2. The molecule has 96 valence electrons. The second-order valence-corrected chi connectivity index (χ2v) is 6.70. The highest BCUT2D eigenvalue weighted by molar-refractivity contribution is 7.90. The lowest BCUT2D eigenvalue weighted by Crippen LogP contribution is -2.16. The smallest absolute Gasteiger partial charge is 0.147 e. The van der Waals surface area contributed by atoms with Crippen molar-refractivity contribution in [3.8, 4) is 0 Å². The fraction of sp³-hybridized carbons (Fsp3) is 0.308. The molecular weight excluding hydrogens is 248 g/mol. The topological polar surface area (TPSA) is 73.0 Å². The second kappa shape index (κ2) is 5.04. The molecule has 1 aromatic heterocycles. The van der Waals surface area contributed by atoms with Crippen LogP contribution in [0.25, 0.3) is 10.9 Å². The molecule has 5 heteroatoms. The maximum absolute atomic E-state index is 11.2. The normalized spacial score (nSPS) is 13.7. The van der Waals surface area contributed by atoms with Crippen LogP contribution in [0.1, 0.15) is 18.0 Å². The number of rotatable bonds is 4. The van der Waals surface area contributed by atoms with Gasteiger partial charge in [0.25, 0.3) is 0 Å². The van der Waals surface area contributed by atoms with E-state index in [-0.39, 0.29) is 11.8 Å². The zero-order valence-corrected chi connectivity index (χ0v) is 11.0. The van der Waals surface area contributed by atoms with Crippen LogP contribution in [-0.2, 0) is 9.84 Å². The van der Waals surface area contributed by atoms with Gasteiger partial charge in [0, 0.05) is 23.9 Å². The number of sulfone groups is 1. The predicted octanol–water partition coefficient (Wildman–Crippen LogP) is 1.67. The summed E-state index contributed by atoms with van der Waals surface area (Å²) in [5, 5.41) is 0.987. The fourth-order valence-electron chi connectivity index (χ4n) is 1.95. The van der Waals surface area contributed by atoms with Crippen molar-refractivity contribution in [1.82, 2.24) is 4.98 Å². The quantitative estimate of drug-likeness (QED) is 0.911. The summed E-state index contributed by atoms with van der Waals surface area (Å²) in [7, 11) is -2.98. The first kappa shape index (κ1) is 13.0. The lowest BCUT2D eigenvalue weighted by molar-refractivity contribution is 0.592. The molecule has 0 saturated carbocycles. The third kappa shape index (κ3) is 3.05. The lowest BCUT2D eigenvalue weighted by atomic mass is 10.0. The van der Waals surface area contributed by atoms with Crippen LogP contribution in [0.3, 0.4) is 0 Å². The average molecular weight is 264 g/mol. The molecule has 1 unspecified atom stereocenters. The van der Waals surface area contributed by atoms with Crippen LogP contribution < -0.4 is 5.73 Å². The van der Waals surface area contributed by atoms with E-state index in [0.717, 1.165) is 16.5 Å². The Morgan fingerprint density at radius 2 is 2.06 bits per heavy atom. The van der Waals surface area contributed by atoms with E-state index in [4.69, 9.17) is 5.73 Å². The van der Waals surface area contributed by atoms with Crippen LogP contribution in [0.5, 0.6) is 0 Å². The van der Waals surface area contributed by atoms with Crippen LogP contribution in [0.15, 0.2) is 36.5 Å². The highest BCUT2D eigenvalue weighted by Crippen LogP contribution is 2.23. The van der Waals surface area contributed by atoms with Gasteiger partial charge in [-0.1, -0.05) is 18.2 Å². The zero-order chi connectivity index (χ0) is 13.2. The lowest BCUT2D eigenvalue weighted by Gasteiger charge is -2.13. The molecule has 0 aliphatic rings. The molecular formula is C13H16N2O2S. The zero-order valence-electron chi connectivity index (χ0n) is 10.2. The fourth-order valence-corrected chi connectivity index (χ4v) is 2.63. The van der Waals surface area contributed by atoms with E-state index in [1.807, 2.05) is 30.3 Å². The first-order chi connectivity index (χ1) is 8.47. The summed E-state index contributed by atoms with van der Waals surface area (Å²) in [5.74, 6) is 0.102. The van der Waals surface area contributed by atoms with Gasteiger partial charge in [-0.25, -0.2) is 8.42 Å². The van der Waals surface area contributed by atoms with Gasteiger partial charge in [0.15, 0.2) is 0 Å². The van der Waals surface area contributed by atoms with Crippen molar-refractivity contribution in [2.24, 2.45) is 5.73 Å². The summed E-state index contributed by atoms with van der Waals surface area (Å²) in [6.45, 7) is 0. The molecule has 0 amide bonds. The molecule has 2 N–H and O–H groups in total. The van der Waals surface area contributed by atoms with E-state index >= 15 is 0 Å². The monoisotopic (exact) mass is 264 g/mol. The Hall–Kier alpha value is -1.46. The Balaban J connectivity index is 2.30. The molecule has 0 radical (unpaired) electrons. The molecule has 0 spiro atoms. The summed E-state index contributed by atoms with van der Waals surface area (Å²) in [4.78, 5) is 4.26. The van der Waals surface area contributed by atoms with Crippen LogP contribution in [0.2, 0.25) is 0 Å². The van der Waals surface area contributed by atoms with Crippen LogP contribution in [-0.4, -0.2) is 25.4 Å². The van der Waals surface area contributed by atoms with Gasteiger partial charge in [-0.15, -0.1) is 0 Å². The number of nitrogens with zero attached hydrogens (tertiary/aromatic N) is 1. The first-order valence-corrected chi connectivity index (χ1v) is 7.80. The average Bonchev–Trinajstić information content (AvgIpc) is 2.34. The first-order valence-electron chi connectivity index (χ1n) is 5.74. The van der Waals surface area contributed by atoms with E-state index < -0.39 is 9.84 Å².